The Morgan fingerprint density at radius 2 is 2.00 bits per heavy atom. The molecule has 0 unspecified atom stereocenters. The van der Waals surface area contributed by atoms with Crippen LogP contribution >= 0.6 is 0 Å². The largest absolute Gasteiger partial charge is 0.493 e. The molecule has 1 aliphatic heterocycles. The minimum absolute atomic E-state index is 0.133. The van der Waals surface area contributed by atoms with Crippen molar-refractivity contribution < 1.29 is 17.9 Å². The Morgan fingerprint density at radius 1 is 1.24 bits per heavy atom. The first kappa shape index (κ1) is 27.2. The maximum atomic E-state index is 13.5. The van der Waals surface area contributed by atoms with Crippen molar-refractivity contribution in [1.29, 1.82) is 0 Å². The lowest BCUT2D eigenvalue weighted by atomic mass is 10.1. The number of likely N-dealkylation sites (N-methyl/N-ethyl adjacent to an activating group) is 1. The van der Waals surface area contributed by atoms with Gasteiger partial charge < -0.3 is 19.4 Å². The number of aromatic amines is 1. The van der Waals surface area contributed by atoms with Crippen LogP contribution in [0.5, 0.6) is 5.75 Å². The normalized spacial score (nSPS) is 15.0. The van der Waals surface area contributed by atoms with Crippen LogP contribution in [0.25, 0.3) is 22.4 Å². The van der Waals surface area contributed by atoms with E-state index in [4.69, 9.17) is 14.5 Å². The Kier molecular flexibility index (Phi) is 8.32. The first-order valence-electron chi connectivity index (χ1n) is 12.6. The van der Waals surface area contributed by atoms with E-state index < -0.39 is 10.0 Å². The monoisotopic (exact) mass is 532 g/mol. The highest BCUT2D eigenvalue weighted by molar-refractivity contribution is 7.89. The molecule has 12 heteroatoms. The van der Waals surface area contributed by atoms with Crippen LogP contribution in [0.1, 0.15) is 32.4 Å². The van der Waals surface area contributed by atoms with Gasteiger partial charge in [-0.2, -0.15) is 9.40 Å². The molecule has 1 aliphatic rings. The van der Waals surface area contributed by atoms with Gasteiger partial charge >= 0.3 is 0 Å². The summed E-state index contributed by atoms with van der Waals surface area (Å²) in [6, 6.07) is 4.87. The average Bonchev–Trinajstić information content (AvgIpc) is 3.14. The van der Waals surface area contributed by atoms with Crippen molar-refractivity contribution in [2.75, 3.05) is 47.0 Å². The number of methoxy groups -OCH3 is 1. The first-order valence-corrected chi connectivity index (χ1v) is 14.1. The molecule has 0 saturated carbocycles. The van der Waals surface area contributed by atoms with E-state index >= 15 is 0 Å². The molecule has 0 atom stereocenters. The molecule has 1 saturated heterocycles. The second kappa shape index (κ2) is 11.3. The van der Waals surface area contributed by atoms with Gasteiger partial charge in [-0.3, -0.25) is 9.48 Å². The van der Waals surface area contributed by atoms with Crippen molar-refractivity contribution in [3.8, 4) is 17.1 Å². The SMILES string of the molecule is CCCc1nn(C)c2c(=O)[nH]c(-c3cc(S(=O)(=O)N4CC(N(C)CCCOC)C4)ccc3OCC)nc12. The summed E-state index contributed by atoms with van der Waals surface area (Å²) >= 11 is 0. The first-order chi connectivity index (χ1) is 17.7. The van der Waals surface area contributed by atoms with E-state index in [1.807, 2.05) is 20.9 Å². The molecule has 1 fully saturated rings. The molecule has 202 valence electrons. The van der Waals surface area contributed by atoms with Crippen LogP contribution in [0.3, 0.4) is 0 Å². The molecule has 0 aliphatic carbocycles. The lowest BCUT2D eigenvalue weighted by Crippen LogP contribution is -2.60. The summed E-state index contributed by atoms with van der Waals surface area (Å²) in [4.78, 5) is 22.8. The van der Waals surface area contributed by atoms with Crippen molar-refractivity contribution in [1.82, 2.24) is 29.0 Å². The van der Waals surface area contributed by atoms with E-state index in [2.05, 4.69) is 15.0 Å². The number of ether oxygens (including phenoxy) is 2. The van der Waals surface area contributed by atoms with Gasteiger partial charge in [-0.05, 0) is 45.0 Å². The molecule has 3 aromatic rings. The fraction of sp³-hybridized carbons (Fsp3) is 0.560. The van der Waals surface area contributed by atoms with E-state index in [9.17, 15) is 13.2 Å². The Morgan fingerprint density at radius 3 is 2.68 bits per heavy atom. The minimum atomic E-state index is -3.73. The zero-order valence-corrected chi connectivity index (χ0v) is 23.0. The van der Waals surface area contributed by atoms with Gasteiger partial charge in [0.2, 0.25) is 10.0 Å². The summed E-state index contributed by atoms with van der Waals surface area (Å²) < 4.78 is 40.8. The summed E-state index contributed by atoms with van der Waals surface area (Å²) in [5, 5.41) is 4.47. The van der Waals surface area contributed by atoms with Gasteiger partial charge in [0.15, 0.2) is 5.52 Å². The number of nitrogens with zero attached hydrogens (tertiary/aromatic N) is 5. The third-order valence-electron chi connectivity index (χ3n) is 6.70. The van der Waals surface area contributed by atoms with Gasteiger partial charge in [-0.15, -0.1) is 0 Å². The molecule has 1 N–H and O–H groups in total. The maximum absolute atomic E-state index is 13.5. The highest BCUT2D eigenvalue weighted by Crippen LogP contribution is 2.33. The lowest BCUT2D eigenvalue weighted by molar-refractivity contribution is 0.0986. The van der Waals surface area contributed by atoms with Crippen molar-refractivity contribution in [2.45, 2.75) is 44.0 Å². The average molecular weight is 533 g/mol. The van der Waals surface area contributed by atoms with Gasteiger partial charge in [0, 0.05) is 46.4 Å². The Hall–Kier alpha value is -2.80. The number of H-pyrrole nitrogens is 1. The lowest BCUT2D eigenvalue weighted by Gasteiger charge is -2.43. The van der Waals surface area contributed by atoms with Crippen LogP contribution in [-0.2, 0) is 28.2 Å². The van der Waals surface area contributed by atoms with Gasteiger partial charge in [0.25, 0.3) is 5.56 Å². The molecule has 2 aromatic heterocycles. The predicted molar refractivity (Wildman–Crippen MR) is 141 cm³/mol. The number of hydrogen-bond acceptors (Lipinski definition) is 8. The number of benzene rings is 1. The van der Waals surface area contributed by atoms with Crippen LogP contribution in [0.4, 0.5) is 0 Å². The summed E-state index contributed by atoms with van der Waals surface area (Å²) in [5.41, 5.74) is 1.71. The molecular formula is C25H36N6O5S. The van der Waals surface area contributed by atoms with Crippen molar-refractivity contribution >= 4 is 21.1 Å². The van der Waals surface area contributed by atoms with Gasteiger partial charge in [0.1, 0.15) is 17.1 Å². The van der Waals surface area contributed by atoms with Gasteiger partial charge in [-0.25, -0.2) is 13.4 Å². The molecule has 1 aromatic carbocycles. The topological polar surface area (TPSA) is 123 Å². The highest BCUT2D eigenvalue weighted by Gasteiger charge is 2.38. The smallest absolute Gasteiger partial charge is 0.277 e. The van der Waals surface area contributed by atoms with Crippen LogP contribution in [-0.4, -0.2) is 90.4 Å². The Labute approximate surface area is 217 Å². The van der Waals surface area contributed by atoms with E-state index in [1.54, 1.807) is 26.3 Å². The summed E-state index contributed by atoms with van der Waals surface area (Å²) in [7, 11) is 1.66. The molecular weight excluding hydrogens is 496 g/mol. The molecule has 4 rings (SSSR count). The van der Waals surface area contributed by atoms with Crippen LogP contribution in [0.2, 0.25) is 0 Å². The predicted octanol–water partition coefficient (Wildman–Crippen LogP) is 2.02. The standard InChI is InChI=1S/C25H36N6O5S/c1-6-9-20-22-23(30(4)28-20)25(32)27-24(26-22)19-14-18(10-11-21(19)36-7-2)37(33,34)31-15-17(16-31)29(3)12-8-13-35-5/h10-11,14,17H,6-9,12-13,15-16H2,1-5H3,(H,26,27,32). The minimum Gasteiger partial charge on any atom is -0.493 e. The molecule has 0 bridgehead atoms. The summed E-state index contributed by atoms with van der Waals surface area (Å²) in [5.74, 6) is 0.701. The zero-order chi connectivity index (χ0) is 26.7. The molecule has 11 nitrogen and oxygen atoms in total. The third-order valence-corrected chi connectivity index (χ3v) is 8.53. The third kappa shape index (κ3) is 5.42. The molecule has 0 spiro atoms. The second-order valence-electron chi connectivity index (χ2n) is 9.33. The van der Waals surface area contributed by atoms with E-state index in [0.29, 0.717) is 55.1 Å². The number of aromatic nitrogens is 4. The molecule has 3 heterocycles. The van der Waals surface area contributed by atoms with E-state index in [0.717, 1.165) is 25.1 Å². The van der Waals surface area contributed by atoms with Gasteiger partial charge in [-0.1, -0.05) is 13.3 Å². The van der Waals surface area contributed by atoms with E-state index in [1.165, 1.54) is 15.1 Å². The van der Waals surface area contributed by atoms with Crippen LogP contribution in [0.15, 0.2) is 27.9 Å². The number of hydrogen-bond donors (Lipinski definition) is 1. The van der Waals surface area contributed by atoms with Gasteiger partial charge in [0.05, 0.1) is 22.8 Å². The van der Waals surface area contributed by atoms with Crippen molar-refractivity contribution in [3.05, 3.63) is 34.2 Å². The molecule has 37 heavy (non-hydrogen) atoms. The number of sulfonamides is 1. The fourth-order valence-electron chi connectivity index (χ4n) is 4.60. The van der Waals surface area contributed by atoms with Crippen molar-refractivity contribution in [3.63, 3.8) is 0 Å². The number of nitrogens with one attached hydrogen (secondary N) is 1. The summed E-state index contributed by atoms with van der Waals surface area (Å²) in [6.45, 7) is 6.62. The second-order valence-corrected chi connectivity index (χ2v) is 11.3. The molecule has 0 radical (unpaired) electrons. The Balaban J connectivity index is 1.67. The highest BCUT2D eigenvalue weighted by atomic mass is 32.2. The number of aryl methyl sites for hydroxylation is 2. The number of rotatable bonds is 12. The Bertz CT molecular complexity index is 1410. The van der Waals surface area contributed by atoms with E-state index in [-0.39, 0.29) is 22.3 Å². The van der Waals surface area contributed by atoms with Crippen LogP contribution < -0.4 is 10.3 Å². The van der Waals surface area contributed by atoms with Crippen LogP contribution in [0, 0.1) is 0 Å². The fourth-order valence-corrected chi connectivity index (χ4v) is 6.14. The molecule has 0 amide bonds. The maximum Gasteiger partial charge on any atom is 0.277 e. The zero-order valence-electron chi connectivity index (χ0n) is 22.2. The number of fused-ring (bicyclic) bond motifs is 1. The van der Waals surface area contributed by atoms with Crippen molar-refractivity contribution in [2.24, 2.45) is 7.05 Å². The summed E-state index contributed by atoms with van der Waals surface area (Å²) in [6.07, 6.45) is 2.42. The quantitative estimate of drug-likeness (QED) is 0.352.